The van der Waals surface area contributed by atoms with Gasteiger partial charge in [0.25, 0.3) is 5.91 Å². The quantitative estimate of drug-likeness (QED) is 0.411. The number of nitrogens with two attached hydrogens (primary N) is 1. The lowest BCUT2D eigenvalue weighted by Gasteiger charge is -2.11. The van der Waals surface area contributed by atoms with E-state index in [0.29, 0.717) is 27.9 Å². The van der Waals surface area contributed by atoms with E-state index in [9.17, 15) is 14.7 Å². The van der Waals surface area contributed by atoms with Gasteiger partial charge < -0.3 is 16.2 Å². The summed E-state index contributed by atoms with van der Waals surface area (Å²) < 4.78 is 0. The number of rotatable bonds is 5. The number of carboxylic acid groups (broad SMARTS) is 1. The predicted octanol–water partition coefficient (Wildman–Crippen LogP) is 3.59. The van der Waals surface area contributed by atoms with E-state index >= 15 is 0 Å². The third-order valence-electron chi connectivity index (χ3n) is 4.05. The molecule has 3 aromatic carbocycles. The molecule has 5 N–H and O–H groups in total. The van der Waals surface area contributed by atoms with Crippen LogP contribution in [-0.4, -0.2) is 22.8 Å². The first-order valence-corrected chi connectivity index (χ1v) is 8.14. The number of amidine groups is 1. The Hall–Kier alpha value is -3.93. The molecule has 0 aliphatic carbocycles. The van der Waals surface area contributed by atoms with E-state index < -0.39 is 5.97 Å². The fourth-order valence-electron chi connectivity index (χ4n) is 2.68. The lowest BCUT2D eigenvalue weighted by Crippen LogP contribution is -2.14. The fourth-order valence-corrected chi connectivity index (χ4v) is 2.68. The third kappa shape index (κ3) is 4.01. The van der Waals surface area contributed by atoms with E-state index in [1.807, 2.05) is 0 Å². The van der Waals surface area contributed by atoms with Crippen LogP contribution in [0.3, 0.4) is 0 Å². The van der Waals surface area contributed by atoms with Crippen molar-refractivity contribution in [1.82, 2.24) is 0 Å². The van der Waals surface area contributed by atoms with Gasteiger partial charge in [-0.05, 0) is 53.6 Å². The molecule has 0 fully saturated rings. The molecule has 0 aromatic heterocycles. The predicted molar refractivity (Wildman–Crippen MR) is 104 cm³/mol. The molecule has 0 aliphatic heterocycles. The van der Waals surface area contributed by atoms with E-state index in [0.717, 1.165) is 0 Å². The third-order valence-corrected chi connectivity index (χ3v) is 4.05. The van der Waals surface area contributed by atoms with Crippen LogP contribution >= 0.6 is 0 Å². The highest BCUT2D eigenvalue weighted by Crippen LogP contribution is 2.25. The van der Waals surface area contributed by atoms with Gasteiger partial charge in [-0.15, -0.1) is 0 Å². The highest BCUT2D eigenvalue weighted by molar-refractivity contribution is 6.09. The number of carbonyl (C=O) groups is 2. The van der Waals surface area contributed by atoms with Crippen LogP contribution in [0.25, 0.3) is 11.1 Å². The molecule has 0 bridgehead atoms. The van der Waals surface area contributed by atoms with Gasteiger partial charge in [-0.1, -0.05) is 30.3 Å². The van der Waals surface area contributed by atoms with Gasteiger partial charge in [0.1, 0.15) is 5.84 Å². The van der Waals surface area contributed by atoms with Crippen molar-refractivity contribution in [2.45, 2.75) is 0 Å². The van der Waals surface area contributed by atoms with Gasteiger partial charge in [0.05, 0.1) is 5.56 Å². The summed E-state index contributed by atoms with van der Waals surface area (Å²) in [7, 11) is 0. The Labute approximate surface area is 155 Å². The van der Waals surface area contributed by atoms with Crippen LogP contribution in [0.1, 0.15) is 26.3 Å². The van der Waals surface area contributed by atoms with E-state index in [4.69, 9.17) is 11.1 Å². The zero-order chi connectivity index (χ0) is 19.4. The van der Waals surface area contributed by atoms with Gasteiger partial charge in [0.15, 0.2) is 0 Å². The molecule has 0 saturated carbocycles. The topological polar surface area (TPSA) is 116 Å². The van der Waals surface area contributed by atoms with Crippen molar-refractivity contribution in [3.8, 4) is 11.1 Å². The Balaban J connectivity index is 1.91. The van der Waals surface area contributed by atoms with E-state index in [-0.39, 0.29) is 17.3 Å². The Kier molecular flexibility index (Phi) is 4.99. The number of amides is 1. The number of nitrogen functional groups attached to an aromatic ring is 1. The van der Waals surface area contributed by atoms with Crippen LogP contribution in [0.15, 0.2) is 72.8 Å². The van der Waals surface area contributed by atoms with Gasteiger partial charge in [-0.3, -0.25) is 10.2 Å². The molecular weight excluding hydrogens is 342 g/mol. The number of aromatic carboxylic acids is 1. The van der Waals surface area contributed by atoms with Gasteiger partial charge in [0, 0.05) is 16.8 Å². The SMILES string of the molecule is N=C(N)c1ccc(NC(=O)c2ccccc2-c2cccc(C(=O)O)c2)cc1. The molecule has 27 heavy (non-hydrogen) atoms. The summed E-state index contributed by atoms with van der Waals surface area (Å²) in [5.74, 6) is -1.39. The van der Waals surface area contributed by atoms with Crippen molar-refractivity contribution in [3.05, 3.63) is 89.5 Å². The molecule has 6 heteroatoms. The highest BCUT2D eigenvalue weighted by atomic mass is 16.4. The van der Waals surface area contributed by atoms with Crippen molar-refractivity contribution in [2.75, 3.05) is 5.32 Å². The molecule has 6 nitrogen and oxygen atoms in total. The van der Waals surface area contributed by atoms with Crippen molar-refractivity contribution in [3.63, 3.8) is 0 Å². The molecule has 1 amide bonds. The number of hydrogen-bond donors (Lipinski definition) is 4. The first kappa shape index (κ1) is 17.9. The largest absolute Gasteiger partial charge is 0.478 e. The van der Waals surface area contributed by atoms with Crippen molar-refractivity contribution in [1.29, 1.82) is 5.41 Å². The minimum absolute atomic E-state index is 0.0449. The maximum absolute atomic E-state index is 12.8. The van der Waals surface area contributed by atoms with Crippen LogP contribution in [0.5, 0.6) is 0 Å². The number of carboxylic acids is 1. The number of benzene rings is 3. The first-order valence-electron chi connectivity index (χ1n) is 8.14. The van der Waals surface area contributed by atoms with Crippen molar-refractivity contribution >= 4 is 23.4 Å². The Morgan fingerprint density at radius 2 is 1.59 bits per heavy atom. The second kappa shape index (κ2) is 7.53. The molecule has 0 saturated heterocycles. The van der Waals surface area contributed by atoms with Gasteiger partial charge in [0.2, 0.25) is 0 Å². The molecule has 0 heterocycles. The summed E-state index contributed by atoms with van der Waals surface area (Å²) in [6, 6.07) is 20.1. The summed E-state index contributed by atoms with van der Waals surface area (Å²) in [5, 5.41) is 19.4. The Bertz CT molecular complexity index is 1030. The highest BCUT2D eigenvalue weighted by Gasteiger charge is 2.14. The van der Waals surface area contributed by atoms with Crippen LogP contribution < -0.4 is 11.1 Å². The van der Waals surface area contributed by atoms with Crippen molar-refractivity contribution < 1.29 is 14.7 Å². The average molecular weight is 359 g/mol. The Morgan fingerprint density at radius 1 is 0.889 bits per heavy atom. The smallest absolute Gasteiger partial charge is 0.335 e. The van der Waals surface area contributed by atoms with Crippen molar-refractivity contribution in [2.24, 2.45) is 5.73 Å². The van der Waals surface area contributed by atoms with E-state index in [2.05, 4.69) is 5.32 Å². The molecule has 3 aromatic rings. The zero-order valence-electron chi connectivity index (χ0n) is 14.3. The average Bonchev–Trinajstić information content (AvgIpc) is 2.68. The minimum atomic E-state index is -1.02. The second-order valence-electron chi connectivity index (χ2n) is 5.88. The maximum atomic E-state index is 12.8. The molecule has 0 atom stereocenters. The number of nitrogens with one attached hydrogen (secondary N) is 2. The van der Waals surface area contributed by atoms with Gasteiger partial charge >= 0.3 is 5.97 Å². The minimum Gasteiger partial charge on any atom is -0.478 e. The molecule has 134 valence electrons. The summed E-state index contributed by atoms with van der Waals surface area (Å²) in [6.07, 6.45) is 0. The zero-order valence-corrected chi connectivity index (χ0v) is 14.3. The van der Waals surface area contributed by atoms with Crippen LogP contribution in [0.4, 0.5) is 5.69 Å². The van der Waals surface area contributed by atoms with Crippen LogP contribution in [0.2, 0.25) is 0 Å². The number of anilines is 1. The Morgan fingerprint density at radius 3 is 2.26 bits per heavy atom. The normalized spacial score (nSPS) is 10.2. The van der Waals surface area contributed by atoms with Gasteiger partial charge in [-0.2, -0.15) is 0 Å². The summed E-state index contributed by atoms with van der Waals surface area (Å²) in [4.78, 5) is 24.0. The summed E-state index contributed by atoms with van der Waals surface area (Å²) in [6.45, 7) is 0. The van der Waals surface area contributed by atoms with E-state index in [1.54, 1.807) is 60.7 Å². The summed E-state index contributed by atoms with van der Waals surface area (Å²) in [5.41, 5.74) is 8.43. The molecule has 3 rings (SSSR count). The molecule has 0 aliphatic rings. The molecule has 0 spiro atoms. The fraction of sp³-hybridized carbons (Fsp3) is 0. The molecule has 0 radical (unpaired) electrons. The second-order valence-corrected chi connectivity index (χ2v) is 5.88. The first-order chi connectivity index (χ1) is 13.0. The number of hydrogen-bond acceptors (Lipinski definition) is 3. The molecule has 0 unspecified atom stereocenters. The van der Waals surface area contributed by atoms with Gasteiger partial charge in [-0.25, -0.2) is 4.79 Å². The summed E-state index contributed by atoms with van der Waals surface area (Å²) >= 11 is 0. The maximum Gasteiger partial charge on any atom is 0.335 e. The van der Waals surface area contributed by atoms with Crippen LogP contribution in [-0.2, 0) is 0 Å². The monoisotopic (exact) mass is 359 g/mol. The van der Waals surface area contributed by atoms with Crippen LogP contribution in [0, 0.1) is 5.41 Å². The van der Waals surface area contributed by atoms with E-state index in [1.165, 1.54) is 12.1 Å². The number of carbonyl (C=O) groups excluding carboxylic acids is 1. The lowest BCUT2D eigenvalue weighted by atomic mass is 9.97. The molecular formula is C21H17N3O3. The standard InChI is InChI=1S/C21H17N3O3/c22-19(23)13-8-10-16(11-9-13)24-20(25)18-7-2-1-6-17(18)14-4-3-5-15(12-14)21(26)27/h1-12H,(H3,22,23)(H,24,25)(H,26,27). The lowest BCUT2D eigenvalue weighted by molar-refractivity contribution is 0.0696.